The fourth-order valence-corrected chi connectivity index (χ4v) is 1.22. The first kappa shape index (κ1) is 8.94. The quantitative estimate of drug-likeness (QED) is 0.559. The van der Waals surface area contributed by atoms with Crippen molar-refractivity contribution in [3.8, 4) is 0 Å². The van der Waals surface area contributed by atoms with Gasteiger partial charge < -0.3 is 4.74 Å². The molecular formula is C8H16FNO. The second-order valence-electron chi connectivity index (χ2n) is 2.91. The van der Waals surface area contributed by atoms with Crippen molar-refractivity contribution in [1.29, 1.82) is 0 Å². The van der Waals surface area contributed by atoms with Gasteiger partial charge in [0.05, 0.1) is 0 Å². The molecule has 2 nitrogen and oxygen atoms in total. The van der Waals surface area contributed by atoms with Crippen molar-refractivity contribution in [2.75, 3.05) is 32.8 Å². The van der Waals surface area contributed by atoms with Crippen LogP contribution in [0.2, 0.25) is 0 Å². The van der Waals surface area contributed by atoms with Crippen LogP contribution in [-0.4, -0.2) is 43.9 Å². The molecule has 0 atom stereocenters. The van der Waals surface area contributed by atoms with E-state index in [1.54, 1.807) is 0 Å². The lowest BCUT2D eigenvalue weighted by atomic mass is 10.2. The number of halogens is 1. The van der Waals surface area contributed by atoms with E-state index in [-0.39, 0.29) is 0 Å². The molecule has 0 N–H and O–H groups in total. The number of hydrogen-bond donors (Lipinski definition) is 0. The van der Waals surface area contributed by atoms with Crippen LogP contribution in [0.4, 0.5) is 4.39 Å². The van der Waals surface area contributed by atoms with E-state index < -0.39 is 6.17 Å². The van der Waals surface area contributed by atoms with Crippen molar-refractivity contribution in [2.45, 2.75) is 19.5 Å². The number of nitrogens with zero attached hydrogens (tertiary/aromatic N) is 1. The Morgan fingerprint density at radius 2 is 2.27 bits per heavy atom. The van der Waals surface area contributed by atoms with Gasteiger partial charge in [-0.25, -0.2) is 4.39 Å². The van der Waals surface area contributed by atoms with Gasteiger partial charge in [0.2, 0.25) is 0 Å². The zero-order chi connectivity index (χ0) is 8.10. The van der Waals surface area contributed by atoms with Crippen molar-refractivity contribution < 1.29 is 9.13 Å². The minimum atomic E-state index is -0.568. The van der Waals surface area contributed by atoms with Crippen molar-refractivity contribution in [1.82, 2.24) is 4.90 Å². The summed E-state index contributed by atoms with van der Waals surface area (Å²) in [5.74, 6) is 0. The Kier molecular flexibility index (Phi) is 3.80. The van der Waals surface area contributed by atoms with Gasteiger partial charge in [0.1, 0.15) is 6.17 Å². The molecule has 0 aliphatic carbocycles. The van der Waals surface area contributed by atoms with Crippen LogP contribution in [0.3, 0.4) is 0 Å². The molecule has 1 saturated heterocycles. The number of rotatable bonds is 5. The van der Waals surface area contributed by atoms with Crippen LogP contribution in [0, 0.1) is 0 Å². The fourth-order valence-electron chi connectivity index (χ4n) is 1.22. The Morgan fingerprint density at radius 3 is 2.82 bits per heavy atom. The molecule has 0 radical (unpaired) electrons. The molecule has 0 bridgehead atoms. The second kappa shape index (κ2) is 4.67. The molecule has 1 fully saturated rings. The van der Waals surface area contributed by atoms with E-state index in [0.29, 0.717) is 13.1 Å². The van der Waals surface area contributed by atoms with Crippen LogP contribution in [0.1, 0.15) is 13.3 Å². The Balaban J connectivity index is 1.81. The Morgan fingerprint density at radius 1 is 1.55 bits per heavy atom. The van der Waals surface area contributed by atoms with Gasteiger partial charge in [-0.3, -0.25) is 4.90 Å². The van der Waals surface area contributed by atoms with E-state index >= 15 is 0 Å². The molecule has 1 heterocycles. The minimum absolute atomic E-state index is 0.568. The topological polar surface area (TPSA) is 12.5 Å². The highest BCUT2D eigenvalue weighted by atomic mass is 19.1. The minimum Gasteiger partial charge on any atom is -0.382 e. The summed E-state index contributed by atoms with van der Waals surface area (Å²) < 4.78 is 17.4. The third kappa shape index (κ3) is 3.16. The third-order valence-corrected chi connectivity index (χ3v) is 1.88. The van der Waals surface area contributed by atoms with Gasteiger partial charge in [0.25, 0.3) is 0 Å². The predicted molar refractivity (Wildman–Crippen MR) is 42.4 cm³/mol. The van der Waals surface area contributed by atoms with Gasteiger partial charge in [-0.05, 0) is 13.3 Å². The summed E-state index contributed by atoms with van der Waals surface area (Å²) in [6.07, 6.45) is 0.461. The summed E-state index contributed by atoms with van der Waals surface area (Å²) in [6.45, 7) is 5.83. The summed E-state index contributed by atoms with van der Waals surface area (Å²) in [5, 5.41) is 0. The van der Waals surface area contributed by atoms with Crippen LogP contribution < -0.4 is 0 Å². The maximum absolute atomic E-state index is 12.3. The van der Waals surface area contributed by atoms with E-state index in [0.717, 1.165) is 26.2 Å². The highest BCUT2D eigenvalue weighted by molar-refractivity contribution is 4.78. The molecule has 0 saturated carbocycles. The third-order valence-electron chi connectivity index (χ3n) is 1.88. The molecule has 0 spiro atoms. The maximum Gasteiger partial charge on any atom is 0.125 e. The molecule has 0 unspecified atom stereocenters. The normalized spacial score (nSPS) is 20.2. The monoisotopic (exact) mass is 161 g/mol. The molecule has 0 aromatic rings. The molecule has 3 heteroatoms. The van der Waals surface area contributed by atoms with E-state index in [1.165, 1.54) is 0 Å². The summed E-state index contributed by atoms with van der Waals surface area (Å²) in [7, 11) is 0. The first-order chi connectivity index (χ1) is 5.33. The Hall–Kier alpha value is -0.150. The maximum atomic E-state index is 12.3. The van der Waals surface area contributed by atoms with Crippen molar-refractivity contribution in [3.63, 3.8) is 0 Å². The molecule has 11 heavy (non-hydrogen) atoms. The van der Waals surface area contributed by atoms with Gasteiger partial charge in [-0.15, -0.1) is 0 Å². The second-order valence-corrected chi connectivity index (χ2v) is 2.91. The van der Waals surface area contributed by atoms with Crippen molar-refractivity contribution in [2.24, 2.45) is 0 Å². The number of ether oxygens (including phenoxy) is 1. The van der Waals surface area contributed by atoms with E-state index in [2.05, 4.69) is 4.90 Å². The molecular weight excluding hydrogens is 145 g/mol. The molecule has 1 aliphatic rings. The highest BCUT2D eigenvalue weighted by Crippen LogP contribution is 2.10. The van der Waals surface area contributed by atoms with Gasteiger partial charge in [0, 0.05) is 32.8 Å². The molecule has 0 aromatic carbocycles. The number of hydrogen-bond acceptors (Lipinski definition) is 2. The zero-order valence-electron chi connectivity index (χ0n) is 7.05. The smallest absolute Gasteiger partial charge is 0.125 e. The average Bonchev–Trinajstić information content (AvgIpc) is 1.94. The predicted octanol–water partition coefficient (Wildman–Crippen LogP) is 1.07. The lowest BCUT2D eigenvalue weighted by Crippen LogP contribution is -2.48. The fraction of sp³-hybridized carbons (Fsp3) is 1.00. The van der Waals surface area contributed by atoms with Gasteiger partial charge in [-0.2, -0.15) is 0 Å². The zero-order valence-corrected chi connectivity index (χ0v) is 7.05. The Labute approximate surface area is 67.3 Å². The number of alkyl halides is 1. The highest BCUT2D eigenvalue weighted by Gasteiger charge is 2.24. The van der Waals surface area contributed by atoms with E-state index in [1.807, 2.05) is 6.92 Å². The Bertz CT molecular complexity index is 104. The van der Waals surface area contributed by atoms with Crippen molar-refractivity contribution in [3.05, 3.63) is 0 Å². The van der Waals surface area contributed by atoms with E-state index in [4.69, 9.17) is 4.74 Å². The van der Waals surface area contributed by atoms with Gasteiger partial charge in [0.15, 0.2) is 0 Å². The standard InChI is InChI=1S/C8H16FNO/c1-2-11-5-3-4-10-6-8(9)7-10/h8H,2-7H2,1H3. The average molecular weight is 161 g/mol. The van der Waals surface area contributed by atoms with Gasteiger partial charge in [-0.1, -0.05) is 0 Å². The van der Waals surface area contributed by atoms with Crippen LogP contribution in [0.25, 0.3) is 0 Å². The first-order valence-electron chi connectivity index (χ1n) is 4.27. The SMILES string of the molecule is CCOCCCN1CC(F)C1. The molecule has 66 valence electrons. The van der Waals surface area contributed by atoms with Crippen molar-refractivity contribution >= 4 is 0 Å². The molecule has 0 aromatic heterocycles. The van der Waals surface area contributed by atoms with Crippen LogP contribution in [0.15, 0.2) is 0 Å². The molecule has 0 amide bonds. The molecule has 1 rings (SSSR count). The van der Waals surface area contributed by atoms with Crippen LogP contribution in [0.5, 0.6) is 0 Å². The number of likely N-dealkylation sites (tertiary alicyclic amines) is 1. The van der Waals surface area contributed by atoms with E-state index in [9.17, 15) is 4.39 Å². The van der Waals surface area contributed by atoms with Gasteiger partial charge >= 0.3 is 0 Å². The summed E-state index contributed by atoms with van der Waals surface area (Å²) >= 11 is 0. The lowest BCUT2D eigenvalue weighted by Gasteiger charge is -2.34. The lowest BCUT2D eigenvalue weighted by molar-refractivity contribution is 0.0530. The summed E-state index contributed by atoms with van der Waals surface area (Å²) in [5.41, 5.74) is 0. The first-order valence-corrected chi connectivity index (χ1v) is 4.27. The summed E-state index contributed by atoms with van der Waals surface area (Å²) in [6, 6.07) is 0. The van der Waals surface area contributed by atoms with Crippen LogP contribution in [-0.2, 0) is 4.74 Å². The van der Waals surface area contributed by atoms with Crippen LogP contribution >= 0.6 is 0 Å². The molecule has 1 aliphatic heterocycles. The largest absolute Gasteiger partial charge is 0.382 e. The summed E-state index contributed by atoms with van der Waals surface area (Å²) in [4.78, 5) is 2.11.